The lowest BCUT2D eigenvalue weighted by Crippen LogP contribution is -2.38. The largest absolute Gasteiger partial charge is 0.484 e. The Morgan fingerprint density at radius 2 is 2.20 bits per heavy atom. The van der Waals surface area contributed by atoms with Crippen LogP contribution in [0.1, 0.15) is 16.2 Å². The quantitative estimate of drug-likeness (QED) is 0.838. The molecule has 0 radical (unpaired) electrons. The Hall–Kier alpha value is -2.45. The van der Waals surface area contributed by atoms with Crippen molar-refractivity contribution in [3.63, 3.8) is 0 Å². The summed E-state index contributed by atoms with van der Waals surface area (Å²) >= 11 is 0. The van der Waals surface area contributed by atoms with Crippen LogP contribution in [0.4, 0.5) is 4.39 Å². The highest BCUT2D eigenvalue weighted by molar-refractivity contribution is 5.92. The van der Waals surface area contributed by atoms with E-state index in [1.54, 1.807) is 23.1 Å². The highest BCUT2D eigenvalue weighted by atomic mass is 19.1. The number of hydrogen-bond donors (Lipinski definition) is 2. The molecule has 1 aliphatic rings. The fourth-order valence-electron chi connectivity index (χ4n) is 2.87. The van der Waals surface area contributed by atoms with Crippen LogP contribution >= 0.6 is 0 Å². The summed E-state index contributed by atoms with van der Waals surface area (Å²) in [7, 11) is 3.74. The zero-order valence-corrected chi connectivity index (χ0v) is 14.1. The standard InChI is InChI=1S/C17H21FN4O3/c1-21(2)14-8-22(9-15(14)23)17(24)13-7-11(19-20-13)10-25-16-6-4-3-5-12(16)18/h3-7,14-15,23H,8-10H2,1-2H3,(H,19,20)/t14-,15-/m0/s1. The van der Waals surface area contributed by atoms with Gasteiger partial charge in [-0.1, -0.05) is 12.1 Å². The molecule has 7 nitrogen and oxygen atoms in total. The third kappa shape index (κ3) is 3.80. The van der Waals surface area contributed by atoms with Gasteiger partial charge < -0.3 is 19.6 Å². The first-order valence-corrected chi connectivity index (χ1v) is 8.01. The lowest BCUT2D eigenvalue weighted by Gasteiger charge is -2.21. The zero-order valence-electron chi connectivity index (χ0n) is 14.1. The molecule has 1 fully saturated rings. The van der Waals surface area contributed by atoms with Gasteiger partial charge in [0.05, 0.1) is 17.8 Å². The average molecular weight is 348 g/mol. The number of para-hydroxylation sites is 1. The van der Waals surface area contributed by atoms with E-state index in [-0.39, 0.29) is 36.5 Å². The molecule has 2 atom stereocenters. The molecule has 0 unspecified atom stereocenters. The number of nitrogens with zero attached hydrogens (tertiary/aromatic N) is 3. The molecule has 0 spiro atoms. The number of H-pyrrole nitrogens is 1. The van der Waals surface area contributed by atoms with Crippen LogP contribution in [0, 0.1) is 5.82 Å². The van der Waals surface area contributed by atoms with Crippen molar-refractivity contribution >= 4 is 5.91 Å². The molecule has 0 aliphatic carbocycles. The van der Waals surface area contributed by atoms with Gasteiger partial charge >= 0.3 is 0 Å². The maximum atomic E-state index is 13.5. The Balaban J connectivity index is 1.61. The van der Waals surface area contributed by atoms with E-state index in [1.165, 1.54) is 12.1 Å². The fourth-order valence-corrected chi connectivity index (χ4v) is 2.87. The summed E-state index contributed by atoms with van der Waals surface area (Å²) < 4.78 is 18.9. The maximum absolute atomic E-state index is 13.5. The predicted octanol–water partition coefficient (Wildman–Crippen LogP) is 0.875. The van der Waals surface area contributed by atoms with Crippen LogP contribution in [0.5, 0.6) is 5.75 Å². The van der Waals surface area contributed by atoms with E-state index in [9.17, 15) is 14.3 Å². The topological polar surface area (TPSA) is 81.7 Å². The van der Waals surface area contributed by atoms with Crippen molar-refractivity contribution in [2.45, 2.75) is 18.8 Å². The number of aliphatic hydroxyl groups is 1. The van der Waals surface area contributed by atoms with Gasteiger partial charge in [0.25, 0.3) is 5.91 Å². The van der Waals surface area contributed by atoms with E-state index in [0.717, 1.165) is 0 Å². The van der Waals surface area contributed by atoms with Crippen molar-refractivity contribution in [2.24, 2.45) is 0 Å². The minimum atomic E-state index is -0.582. The minimum absolute atomic E-state index is 0.0736. The van der Waals surface area contributed by atoms with Gasteiger partial charge in [-0.15, -0.1) is 0 Å². The van der Waals surface area contributed by atoms with Gasteiger partial charge in [-0.25, -0.2) is 4.39 Å². The Labute approximate surface area is 145 Å². The molecule has 134 valence electrons. The number of carbonyl (C=O) groups is 1. The van der Waals surface area contributed by atoms with E-state index >= 15 is 0 Å². The second-order valence-electron chi connectivity index (χ2n) is 6.31. The number of carbonyl (C=O) groups excluding carboxylic acids is 1. The van der Waals surface area contributed by atoms with Gasteiger partial charge in [-0.2, -0.15) is 5.10 Å². The van der Waals surface area contributed by atoms with Crippen molar-refractivity contribution < 1.29 is 19.0 Å². The van der Waals surface area contributed by atoms with E-state index in [4.69, 9.17) is 4.74 Å². The van der Waals surface area contributed by atoms with Crippen LogP contribution in [0.3, 0.4) is 0 Å². The number of halogens is 1. The number of hydrogen-bond acceptors (Lipinski definition) is 5. The zero-order chi connectivity index (χ0) is 18.0. The molecule has 8 heteroatoms. The van der Waals surface area contributed by atoms with Gasteiger partial charge in [0.15, 0.2) is 17.3 Å². The minimum Gasteiger partial charge on any atom is -0.484 e. The van der Waals surface area contributed by atoms with Crippen LogP contribution in [0.25, 0.3) is 0 Å². The molecule has 1 aromatic heterocycles. The van der Waals surface area contributed by atoms with Gasteiger partial charge in [0, 0.05) is 13.1 Å². The summed E-state index contributed by atoms with van der Waals surface area (Å²) in [5, 5.41) is 16.8. The molecular formula is C17H21FN4O3. The van der Waals surface area contributed by atoms with Crippen LogP contribution in [-0.4, -0.2) is 70.3 Å². The molecule has 0 saturated carbocycles. The summed E-state index contributed by atoms with van der Waals surface area (Å²) in [5.74, 6) is -0.558. The second kappa shape index (κ2) is 7.20. The number of likely N-dealkylation sites (N-methyl/N-ethyl adjacent to an activating group) is 1. The smallest absolute Gasteiger partial charge is 0.274 e. The highest BCUT2D eigenvalue weighted by Gasteiger charge is 2.36. The number of ether oxygens (including phenoxy) is 1. The molecule has 1 aromatic carbocycles. The number of aromatic nitrogens is 2. The summed E-state index contributed by atoms with van der Waals surface area (Å²) in [6.07, 6.45) is -0.582. The van der Waals surface area contributed by atoms with E-state index in [2.05, 4.69) is 10.2 Å². The first kappa shape index (κ1) is 17.4. The molecule has 3 rings (SSSR count). The molecule has 2 heterocycles. The number of amides is 1. The molecule has 1 saturated heterocycles. The number of nitrogens with one attached hydrogen (secondary N) is 1. The van der Waals surface area contributed by atoms with Crippen LogP contribution < -0.4 is 4.74 Å². The van der Waals surface area contributed by atoms with Crippen LogP contribution in [0.2, 0.25) is 0 Å². The van der Waals surface area contributed by atoms with Gasteiger partial charge in [0.2, 0.25) is 0 Å². The number of likely N-dealkylation sites (tertiary alicyclic amines) is 1. The summed E-state index contributed by atoms with van der Waals surface area (Å²) in [5.41, 5.74) is 0.814. The number of benzene rings is 1. The Morgan fingerprint density at radius 1 is 1.44 bits per heavy atom. The molecule has 1 amide bonds. The summed E-state index contributed by atoms with van der Waals surface area (Å²) in [4.78, 5) is 16.0. The average Bonchev–Trinajstić information content (AvgIpc) is 3.20. The molecule has 2 N–H and O–H groups in total. The second-order valence-corrected chi connectivity index (χ2v) is 6.31. The van der Waals surface area contributed by atoms with Crippen molar-refractivity contribution in [1.29, 1.82) is 0 Å². The first-order valence-electron chi connectivity index (χ1n) is 8.01. The fraction of sp³-hybridized carbons (Fsp3) is 0.412. The Kier molecular flexibility index (Phi) is 5.00. The molecular weight excluding hydrogens is 327 g/mol. The lowest BCUT2D eigenvalue weighted by atomic mass is 10.2. The normalized spacial score (nSPS) is 20.3. The van der Waals surface area contributed by atoms with Crippen LogP contribution in [0.15, 0.2) is 30.3 Å². The van der Waals surface area contributed by atoms with Gasteiger partial charge in [-0.3, -0.25) is 9.89 Å². The van der Waals surface area contributed by atoms with Crippen molar-refractivity contribution in [3.05, 3.63) is 47.5 Å². The number of β-amino-alcohol motifs (C(OH)–C–C–N with tert-alkyl or cyclic N) is 1. The lowest BCUT2D eigenvalue weighted by molar-refractivity contribution is 0.0758. The maximum Gasteiger partial charge on any atom is 0.274 e. The summed E-state index contributed by atoms with van der Waals surface area (Å²) in [6, 6.07) is 7.60. The molecule has 0 bridgehead atoms. The van der Waals surface area contributed by atoms with Gasteiger partial charge in [0.1, 0.15) is 6.61 Å². The van der Waals surface area contributed by atoms with E-state index < -0.39 is 11.9 Å². The van der Waals surface area contributed by atoms with E-state index in [0.29, 0.717) is 12.2 Å². The third-order valence-corrected chi connectivity index (χ3v) is 4.28. The van der Waals surface area contributed by atoms with Gasteiger partial charge in [-0.05, 0) is 32.3 Å². The van der Waals surface area contributed by atoms with Crippen molar-refractivity contribution in [1.82, 2.24) is 20.0 Å². The number of aromatic amines is 1. The van der Waals surface area contributed by atoms with Crippen LogP contribution in [-0.2, 0) is 6.61 Å². The molecule has 2 aromatic rings. The summed E-state index contributed by atoms with van der Waals surface area (Å²) in [6.45, 7) is 0.792. The Bertz CT molecular complexity index is 749. The van der Waals surface area contributed by atoms with E-state index in [1.807, 2.05) is 19.0 Å². The number of rotatable bonds is 5. The van der Waals surface area contributed by atoms with Crippen molar-refractivity contribution in [2.75, 3.05) is 27.2 Å². The third-order valence-electron chi connectivity index (χ3n) is 4.28. The predicted molar refractivity (Wildman–Crippen MR) is 88.7 cm³/mol. The molecule has 25 heavy (non-hydrogen) atoms. The molecule has 1 aliphatic heterocycles. The van der Waals surface area contributed by atoms with Crippen molar-refractivity contribution in [3.8, 4) is 5.75 Å². The highest BCUT2D eigenvalue weighted by Crippen LogP contribution is 2.19. The number of aliphatic hydroxyl groups excluding tert-OH is 1. The first-order chi connectivity index (χ1) is 12.0. The Morgan fingerprint density at radius 3 is 2.88 bits per heavy atom. The SMILES string of the molecule is CN(C)[C@H]1CN(C(=O)c2cc(COc3ccccc3F)[nH]n2)C[C@@H]1O. The monoisotopic (exact) mass is 348 g/mol.